The number of hydrogen-bond acceptors (Lipinski definition) is 3. The minimum Gasteiger partial charge on any atom is -0.324 e. The normalized spacial score (nSPS) is 10.1. The molecule has 2 aromatic carbocycles. The summed E-state index contributed by atoms with van der Waals surface area (Å²) < 4.78 is 0. The van der Waals surface area contributed by atoms with Crippen LogP contribution in [-0.2, 0) is 0 Å². The highest BCUT2D eigenvalue weighted by molar-refractivity contribution is 6.33. The van der Waals surface area contributed by atoms with E-state index in [1.54, 1.807) is 24.3 Å². The Morgan fingerprint density at radius 2 is 1.95 bits per heavy atom. The molecule has 0 aliphatic rings. The predicted molar refractivity (Wildman–Crippen MR) is 78.4 cm³/mol. The van der Waals surface area contributed by atoms with Crippen LogP contribution in [0.3, 0.4) is 0 Å². The summed E-state index contributed by atoms with van der Waals surface area (Å²) >= 11 is 6.00. The molecule has 0 atom stereocenters. The number of para-hydroxylation sites is 1. The average molecular weight is 276 g/mol. The maximum absolute atomic E-state index is 12.2. The summed E-state index contributed by atoms with van der Waals surface area (Å²) in [5.41, 5.74) is 5.30. The number of rotatable bonds is 3. The summed E-state index contributed by atoms with van der Waals surface area (Å²) in [6.45, 7) is 1.85. The lowest BCUT2D eigenvalue weighted by atomic mass is 10.1. The van der Waals surface area contributed by atoms with Gasteiger partial charge in [0.1, 0.15) is 0 Å². The van der Waals surface area contributed by atoms with Crippen LogP contribution in [0, 0.1) is 6.92 Å². The first-order valence-corrected chi connectivity index (χ1v) is 6.13. The molecule has 0 radical (unpaired) electrons. The first-order chi connectivity index (χ1) is 9.11. The second-order valence-corrected chi connectivity index (χ2v) is 4.52. The monoisotopic (exact) mass is 275 g/mol. The lowest BCUT2D eigenvalue weighted by Gasteiger charge is -2.10. The van der Waals surface area contributed by atoms with Crippen LogP contribution in [0.4, 0.5) is 11.4 Å². The third-order valence-electron chi connectivity index (χ3n) is 2.76. The van der Waals surface area contributed by atoms with Crippen LogP contribution >= 0.6 is 11.6 Å². The van der Waals surface area contributed by atoms with Crippen molar-refractivity contribution in [2.24, 2.45) is 5.84 Å². The highest BCUT2D eigenvalue weighted by atomic mass is 35.5. The van der Waals surface area contributed by atoms with Gasteiger partial charge in [-0.3, -0.25) is 10.6 Å². The first kappa shape index (κ1) is 13.4. The van der Waals surface area contributed by atoms with Crippen molar-refractivity contribution < 1.29 is 4.79 Å². The van der Waals surface area contributed by atoms with Gasteiger partial charge in [-0.15, -0.1) is 0 Å². The minimum atomic E-state index is -0.200. The van der Waals surface area contributed by atoms with Crippen molar-refractivity contribution in [1.29, 1.82) is 0 Å². The van der Waals surface area contributed by atoms with E-state index in [2.05, 4.69) is 10.7 Å². The summed E-state index contributed by atoms with van der Waals surface area (Å²) in [6, 6.07) is 12.4. The predicted octanol–water partition coefficient (Wildman–Crippen LogP) is 3.19. The second kappa shape index (κ2) is 5.73. The van der Waals surface area contributed by atoms with Gasteiger partial charge in [0, 0.05) is 11.3 Å². The minimum absolute atomic E-state index is 0.200. The quantitative estimate of drug-likeness (QED) is 0.595. The maximum atomic E-state index is 12.2. The standard InChI is InChI=1S/C14H14ClN3O/c1-9-8-10(18-16)6-7-11(9)14(19)17-13-5-3-2-4-12(13)15/h2-8,18H,16H2,1H3,(H,17,19). The number of carbonyl (C=O) groups excluding carboxylic acids is 1. The Bertz CT molecular complexity index is 613. The lowest BCUT2D eigenvalue weighted by Crippen LogP contribution is -2.14. The van der Waals surface area contributed by atoms with Crippen LogP contribution in [-0.4, -0.2) is 5.91 Å². The number of benzene rings is 2. The molecule has 98 valence electrons. The van der Waals surface area contributed by atoms with Gasteiger partial charge in [0.2, 0.25) is 0 Å². The molecule has 0 saturated heterocycles. The molecule has 4 N–H and O–H groups in total. The average Bonchev–Trinajstić information content (AvgIpc) is 2.41. The molecule has 19 heavy (non-hydrogen) atoms. The van der Waals surface area contributed by atoms with E-state index in [1.165, 1.54) is 0 Å². The van der Waals surface area contributed by atoms with E-state index in [9.17, 15) is 4.79 Å². The number of nitrogens with two attached hydrogens (primary N) is 1. The molecule has 0 aliphatic heterocycles. The third-order valence-corrected chi connectivity index (χ3v) is 3.09. The SMILES string of the molecule is Cc1cc(NN)ccc1C(=O)Nc1ccccc1Cl. The molecule has 0 aromatic heterocycles. The van der Waals surface area contributed by atoms with Gasteiger partial charge in [-0.2, -0.15) is 0 Å². The number of amides is 1. The van der Waals surface area contributed by atoms with Crippen LogP contribution in [0.5, 0.6) is 0 Å². The van der Waals surface area contributed by atoms with Crippen LogP contribution in [0.1, 0.15) is 15.9 Å². The van der Waals surface area contributed by atoms with Crippen molar-refractivity contribution >= 4 is 28.9 Å². The molecule has 0 spiro atoms. The fourth-order valence-corrected chi connectivity index (χ4v) is 1.94. The van der Waals surface area contributed by atoms with E-state index in [1.807, 2.05) is 25.1 Å². The number of aryl methyl sites for hydroxylation is 1. The van der Waals surface area contributed by atoms with E-state index >= 15 is 0 Å². The van der Waals surface area contributed by atoms with Crippen molar-refractivity contribution in [3.8, 4) is 0 Å². The van der Waals surface area contributed by atoms with Crippen molar-refractivity contribution in [2.45, 2.75) is 6.92 Å². The Kier molecular flexibility index (Phi) is 4.04. The van der Waals surface area contributed by atoms with Crippen LogP contribution in [0.25, 0.3) is 0 Å². The molecular weight excluding hydrogens is 262 g/mol. The Morgan fingerprint density at radius 3 is 2.58 bits per heavy atom. The molecule has 1 amide bonds. The smallest absolute Gasteiger partial charge is 0.255 e. The van der Waals surface area contributed by atoms with Crippen LogP contribution < -0.4 is 16.6 Å². The van der Waals surface area contributed by atoms with E-state index < -0.39 is 0 Å². The van der Waals surface area contributed by atoms with Gasteiger partial charge in [0.15, 0.2) is 0 Å². The molecule has 0 aliphatic carbocycles. The van der Waals surface area contributed by atoms with Gasteiger partial charge in [-0.25, -0.2) is 0 Å². The molecule has 2 rings (SSSR count). The molecule has 2 aromatic rings. The van der Waals surface area contributed by atoms with Gasteiger partial charge < -0.3 is 10.7 Å². The fraction of sp³-hybridized carbons (Fsp3) is 0.0714. The van der Waals surface area contributed by atoms with Gasteiger partial charge in [-0.1, -0.05) is 23.7 Å². The van der Waals surface area contributed by atoms with Gasteiger partial charge in [0.05, 0.1) is 10.7 Å². The zero-order chi connectivity index (χ0) is 13.8. The number of nitrogens with one attached hydrogen (secondary N) is 2. The number of carbonyl (C=O) groups is 1. The lowest BCUT2D eigenvalue weighted by molar-refractivity contribution is 0.102. The van der Waals surface area contributed by atoms with E-state index in [0.29, 0.717) is 16.3 Å². The Balaban J connectivity index is 2.23. The van der Waals surface area contributed by atoms with Crippen molar-refractivity contribution in [3.63, 3.8) is 0 Å². The third kappa shape index (κ3) is 3.05. The summed E-state index contributed by atoms with van der Waals surface area (Å²) in [5.74, 6) is 5.12. The Morgan fingerprint density at radius 1 is 1.21 bits per heavy atom. The van der Waals surface area contributed by atoms with Crippen LogP contribution in [0.15, 0.2) is 42.5 Å². The molecular formula is C14H14ClN3O. The fourth-order valence-electron chi connectivity index (χ4n) is 1.76. The highest BCUT2D eigenvalue weighted by Gasteiger charge is 2.11. The summed E-state index contributed by atoms with van der Waals surface area (Å²) in [6.07, 6.45) is 0. The van der Waals surface area contributed by atoms with Crippen molar-refractivity contribution in [2.75, 3.05) is 10.7 Å². The van der Waals surface area contributed by atoms with Crippen molar-refractivity contribution in [1.82, 2.24) is 0 Å². The molecule has 0 fully saturated rings. The highest BCUT2D eigenvalue weighted by Crippen LogP contribution is 2.22. The molecule has 0 saturated carbocycles. The molecule has 5 heteroatoms. The molecule has 0 unspecified atom stereocenters. The largest absolute Gasteiger partial charge is 0.324 e. The van der Waals surface area contributed by atoms with E-state index in [0.717, 1.165) is 11.3 Å². The van der Waals surface area contributed by atoms with Crippen molar-refractivity contribution in [3.05, 3.63) is 58.6 Å². The number of nitrogen functional groups attached to an aromatic ring is 1. The van der Waals surface area contributed by atoms with Gasteiger partial charge >= 0.3 is 0 Å². The molecule has 0 heterocycles. The number of hydrazine groups is 1. The number of anilines is 2. The Hall–Kier alpha value is -2.04. The Labute approximate surface area is 116 Å². The van der Waals surface area contributed by atoms with E-state index in [-0.39, 0.29) is 5.91 Å². The second-order valence-electron chi connectivity index (χ2n) is 4.11. The number of halogens is 1. The zero-order valence-electron chi connectivity index (χ0n) is 10.4. The summed E-state index contributed by atoms with van der Waals surface area (Å²) in [7, 11) is 0. The maximum Gasteiger partial charge on any atom is 0.255 e. The topological polar surface area (TPSA) is 67.1 Å². The van der Waals surface area contributed by atoms with Gasteiger partial charge in [-0.05, 0) is 42.8 Å². The molecule has 0 bridgehead atoms. The summed E-state index contributed by atoms with van der Waals surface area (Å²) in [4.78, 5) is 12.2. The first-order valence-electron chi connectivity index (χ1n) is 5.75. The zero-order valence-corrected chi connectivity index (χ0v) is 11.2. The number of hydrogen-bond donors (Lipinski definition) is 3. The molecule has 4 nitrogen and oxygen atoms in total. The van der Waals surface area contributed by atoms with Crippen LogP contribution in [0.2, 0.25) is 5.02 Å². The van der Waals surface area contributed by atoms with Gasteiger partial charge in [0.25, 0.3) is 5.91 Å². The van der Waals surface area contributed by atoms with E-state index in [4.69, 9.17) is 17.4 Å². The summed E-state index contributed by atoms with van der Waals surface area (Å²) in [5, 5.41) is 3.29.